The summed E-state index contributed by atoms with van der Waals surface area (Å²) in [5.41, 5.74) is 0.387. The molecule has 6 nitrogen and oxygen atoms in total. The Morgan fingerprint density at radius 3 is 2.71 bits per heavy atom. The van der Waals surface area contributed by atoms with Crippen LogP contribution in [0.5, 0.6) is 0 Å². The zero-order valence-electron chi connectivity index (χ0n) is 12.8. The van der Waals surface area contributed by atoms with Crippen LogP contribution < -0.4 is 4.90 Å². The molecule has 1 aliphatic rings. The van der Waals surface area contributed by atoms with E-state index in [4.69, 9.17) is 0 Å². The van der Waals surface area contributed by atoms with Gasteiger partial charge in [0.15, 0.2) is 5.82 Å². The average Bonchev–Trinajstić information content (AvgIpc) is 3.25. The molecular formula is C15H22N4O2. The van der Waals surface area contributed by atoms with Gasteiger partial charge in [0.2, 0.25) is 6.41 Å². The zero-order chi connectivity index (χ0) is 15.4. The van der Waals surface area contributed by atoms with Crippen molar-refractivity contribution in [3.05, 3.63) is 17.6 Å². The molecule has 1 N–H and O–H groups in total. The maximum absolute atomic E-state index is 12.6. The second-order valence-electron chi connectivity index (χ2n) is 5.27. The Labute approximate surface area is 124 Å². The van der Waals surface area contributed by atoms with E-state index in [0.29, 0.717) is 29.9 Å². The molecule has 1 fully saturated rings. The molecule has 1 saturated carbocycles. The van der Waals surface area contributed by atoms with E-state index in [9.17, 15) is 9.59 Å². The second kappa shape index (κ2) is 6.56. The van der Waals surface area contributed by atoms with Crippen LogP contribution in [0.3, 0.4) is 0 Å². The lowest BCUT2D eigenvalue weighted by atomic mass is 10.3. The fourth-order valence-electron chi connectivity index (χ4n) is 2.23. The number of amides is 2. The minimum Gasteiger partial charge on any atom is -0.337 e. The highest BCUT2D eigenvalue weighted by Gasteiger charge is 2.33. The summed E-state index contributed by atoms with van der Waals surface area (Å²) < 4.78 is 0. The molecule has 0 radical (unpaired) electrons. The number of hydrogen-bond donors (Lipinski definition) is 1. The third kappa shape index (κ3) is 3.32. The van der Waals surface area contributed by atoms with Gasteiger partial charge in [-0.05, 0) is 32.3 Å². The van der Waals surface area contributed by atoms with Crippen molar-refractivity contribution >= 4 is 24.2 Å². The van der Waals surface area contributed by atoms with Crippen LogP contribution in [0.1, 0.15) is 49.4 Å². The number of H-pyrrole nitrogens is 1. The van der Waals surface area contributed by atoms with E-state index >= 15 is 0 Å². The molecule has 2 rings (SSSR count). The zero-order valence-corrected chi connectivity index (χ0v) is 12.8. The molecule has 1 aromatic rings. The van der Waals surface area contributed by atoms with E-state index in [1.807, 2.05) is 19.9 Å². The van der Waals surface area contributed by atoms with Crippen LogP contribution in [-0.4, -0.2) is 46.8 Å². The molecule has 1 heterocycles. The number of carbonyl (C=O) groups excluding carboxylic acids is 2. The molecule has 0 saturated heterocycles. The van der Waals surface area contributed by atoms with Crippen LogP contribution in [0.2, 0.25) is 0 Å². The van der Waals surface area contributed by atoms with Gasteiger partial charge >= 0.3 is 0 Å². The first-order chi connectivity index (χ1) is 10.1. The smallest absolute Gasteiger partial charge is 0.274 e. The summed E-state index contributed by atoms with van der Waals surface area (Å²) in [6.45, 7) is 4.40. The van der Waals surface area contributed by atoms with Gasteiger partial charge in [-0.3, -0.25) is 14.5 Å². The highest BCUT2D eigenvalue weighted by atomic mass is 16.2. The van der Waals surface area contributed by atoms with Gasteiger partial charge in [-0.2, -0.15) is 0 Å². The third-order valence-corrected chi connectivity index (χ3v) is 3.52. The maximum atomic E-state index is 12.6. The van der Waals surface area contributed by atoms with Gasteiger partial charge in [0.1, 0.15) is 11.5 Å². The van der Waals surface area contributed by atoms with Crippen LogP contribution >= 0.6 is 0 Å². The molecule has 21 heavy (non-hydrogen) atoms. The molecule has 6 heteroatoms. The Balaban J connectivity index is 2.36. The predicted octanol–water partition coefficient (Wildman–Crippen LogP) is 2.05. The van der Waals surface area contributed by atoms with Gasteiger partial charge in [-0.25, -0.2) is 4.98 Å². The molecule has 0 aromatic carbocycles. The predicted molar refractivity (Wildman–Crippen MR) is 82.1 cm³/mol. The topological polar surface area (TPSA) is 69.3 Å². The van der Waals surface area contributed by atoms with Gasteiger partial charge in [0.05, 0.1) is 0 Å². The first kappa shape index (κ1) is 15.3. The van der Waals surface area contributed by atoms with E-state index in [-0.39, 0.29) is 5.91 Å². The van der Waals surface area contributed by atoms with Gasteiger partial charge < -0.3 is 9.88 Å². The SMILES string of the molecule is C/C=C/c1nc(N(C=O)CCC)c(C(=O)N(C)C2CC2)[nH]1. The van der Waals surface area contributed by atoms with Crippen LogP contribution in [0.25, 0.3) is 6.08 Å². The summed E-state index contributed by atoms with van der Waals surface area (Å²) in [5, 5.41) is 0. The number of allylic oxidation sites excluding steroid dienone is 1. The average molecular weight is 290 g/mol. The summed E-state index contributed by atoms with van der Waals surface area (Å²) in [6, 6.07) is 0.315. The monoisotopic (exact) mass is 290 g/mol. The standard InChI is InChI=1S/C15H22N4O2/c1-4-6-12-16-13(15(21)18(3)11-7-8-11)14(17-12)19(10-20)9-5-2/h4,6,10-11H,5,7-9H2,1-3H3,(H,16,17)/b6-4+. The van der Waals surface area contributed by atoms with Crippen molar-refractivity contribution < 1.29 is 9.59 Å². The van der Waals surface area contributed by atoms with E-state index < -0.39 is 0 Å². The number of aromatic nitrogens is 2. The molecule has 114 valence electrons. The lowest BCUT2D eigenvalue weighted by molar-refractivity contribution is -0.107. The Hall–Kier alpha value is -2.11. The van der Waals surface area contributed by atoms with Crippen molar-refractivity contribution in [1.82, 2.24) is 14.9 Å². The normalized spacial score (nSPS) is 14.4. The third-order valence-electron chi connectivity index (χ3n) is 3.52. The molecule has 1 aromatic heterocycles. The van der Waals surface area contributed by atoms with Crippen molar-refractivity contribution in [2.45, 2.75) is 39.2 Å². The van der Waals surface area contributed by atoms with Crippen LogP contribution in [0.15, 0.2) is 6.08 Å². The maximum Gasteiger partial charge on any atom is 0.274 e. The Bertz CT molecular complexity index is 546. The fraction of sp³-hybridized carbons (Fsp3) is 0.533. The molecule has 0 unspecified atom stereocenters. The Morgan fingerprint density at radius 1 is 1.48 bits per heavy atom. The number of nitrogens with zero attached hydrogens (tertiary/aromatic N) is 3. The minimum absolute atomic E-state index is 0.112. The number of nitrogens with one attached hydrogen (secondary N) is 1. The van der Waals surface area contributed by atoms with Gasteiger partial charge in [-0.15, -0.1) is 0 Å². The largest absolute Gasteiger partial charge is 0.337 e. The van der Waals surface area contributed by atoms with Crippen molar-refractivity contribution in [3.63, 3.8) is 0 Å². The molecule has 0 spiro atoms. The van der Waals surface area contributed by atoms with Gasteiger partial charge in [-0.1, -0.05) is 13.0 Å². The van der Waals surface area contributed by atoms with E-state index in [0.717, 1.165) is 25.7 Å². The van der Waals surface area contributed by atoms with E-state index in [2.05, 4.69) is 9.97 Å². The lowest BCUT2D eigenvalue weighted by Gasteiger charge is -2.19. The summed E-state index contributed by atoms with van der Waals surface area (Å²) in [6.07, 6.45) is 7.24. The molecular weight excluding hydrogens is 268 g/mol. The fourth-order valence-corrected chi connectivity index (χ4v) is 2.23. The Kier molecular flexibility index (Phi) is 4.77. The number of carbonyl (C=O) groups is 2. The van der Waals surface area contributed by atoms with E-state index in [1.165, 1.54) is 4.90 Å². The number of anilines is 1. The first-order valence-corrected chi connectivity index (χ1v) is 7.34. The molecule has 2 amide bonds. The number of rotatable bonds is 7. The van der Waals surface area contributed by atoms with Crippen LogP contribution in [0, 0.1) is 0 Å². The van der Waals surface area contributed by atoms with Crippen LogP contribution in [0.4, 0.5) is 5.82 Å². The number of hydrogen-bond acceptors (Lipinski definition) is 3. The van der Waals surface area contributed by atoms with Crippen molar-refractivity contribution in [2.75, 3.05) is 18.5 Å². The molecule has 0 atom stereocenters. The minimum atomic E-state index is -0.112. The van der Waals surface area contributed by atoms with Crippen molar-refractivity contribution in [3.8, 4) is 0 Å². The highest BCUT2D eigenvalue weighted by molar-refractivity contribution is 5.99. The van der Waals surface area contributed by atoms with Crippen molar-refractivity contribution in [1.29, 1.82) is 0 Å². The quantitative estimate of drug-likeness (QED) is 0.781. The Morgan fingerprint density at radius 2 is 2.19 bits per heavy atom. The summed E-state index contributed by atoms with van der Waals surface area (Å²) in [4.78, 5) is 34.5. The first-order valence-electron chi connectivity index (χ1n) is 7.34. The summed E-state index contributed by atoms with van der Waals surface area (Å²) in [5.74, 6) is 0.888. The number of aromatic amines is 1. The van der Waals surface area contributed by atoms with E-state index in [1.54, 1.807) is 18.0 Å². The summed E-state index contributed by atoms with van der Waals surface area (Å²) in [7, 11) is 1.80. The number of imidazole rings is 1. The summed E-state index contributed by atoms with van der Waals surface area (Å²) >= 11 is 0. The van der Waals surface area contributed by atoms with Gasteiger partial charge in [0.25, 0.3) is 5.91 Å². The molecule has 0 aliphatic heterocycles. The highest BCUT2D eigenvalue weighted by Crippen LogP contribution is 2.28. The van der Waals surface area contributed by atoms with Crippen molar-refractivity contribution in [2.24, 2.45) is 0 Å². The lowest BCUT2D eigenvalue weighted by Crippen LogP contribution is -2.31. The van der Waals surface area contributed by atoms with Crippen LogP contribution in [-0.2, 0) is 4.79 Å². The van der Waals surface area contributed by atoms with Gasteiger partial charge in [0, 0.05) is 19.6 Å². The molecule has 0 bridgehead atoms. The second-order valence-corrected chi connectivity index (χ2v) is 5.27. The molecule has 1 aliphatic carbocycles.